The molecular weight excluding hydrogens is 256 g/mol. The van der Waals surface area contributed by atoms with E-state index in [4.69, 9.17) is 20.3 Å². The molecule has 0 amide bonds. The van der Waals surface area contributed by atoms with Gasteiger partial charge in [0, 0.05) is 12.3 Å². The fourth-order valence-electron chi connectivity index (χ4n) is 0.580. The van der Waals surface area contributed by atoms with Crippen molar-refractivity contribution in [3.8, 4) is 5.75 Å². The minimum absolute atomic E-state index is 0.0208. The fourth-order valence-corrected chi connectivity index (χ4v) is 0.580. The van der Waals surface area contributed by atoms with Gasteiger partial charge in [-0.3, -0.25) is 0 Å². The van der Waals surface area contributed by atoms with Gasteiger partial charge in [0.2, 0.25) is 5.95 Å². The lowest BCUT2D eigenvalue weighted by Crippen LogP contribution is -2.44. The molecule has 0 atom stereocenters. The minimum atomic E-state index is -1.93. The molecule has 0 bridgehead atoms. The van der Waals surface area contributed by atoms with Crippen LogP contribution >= 0.6 is 0 Å². The molecule has 8 heteroatoms. The first-order valence-electron chi connectivity index (χ1n) is 5.52. The Morgan fingerprint density at radius 3 is 1.95 bits per heavy atom. The van der Waals surface area contributed by atoms with Gasteiger partial charge in [-0.2, -0.15) is 4.39 Å². The first-order chi connectivity index (χ1) is 8.43. The van der Waals surface area contributed by atoms with Crippen molar-refractivity contribution in [2.75, 3.05) is 0 Å². The highest BCUT2D eigenvalue weighted by Crippen LogP contribution is 2.19. The van der Waals surface area contributed by atoms with E-state index >= 15 is 0 Å². The van der Waals surface area contributed by atoms with E-state index in [-0.39, 0.29) is 5.75 Å². The standard InChI is InChI=1S/C6H14O2.C5H5BFNO3/c1-5(2,7)6(3,4)8;7-5-3-4(1-2-8-5)11-6(9)10/h7-8H,1-4H3;1-3,9-10H. The van der Waals surface area contributed by atoms with Crippen molar-refractivity contribution in [3.63, 3.8) is 0 Å². The summed E-state index contributed by atoms with van der Waals surface area (Å²) in [5.74, 6) is -0.712. The first-order valence-corrected chi connectivity index (χ1v) is 5.52. The summed E-state index contributed by atoms with van der Waals surface area (Å²) in [6, 6.07) is 2.25. The predicted octanol–water partition coefficient (Wildman–Crippen LogP) is 0.0972. The van der Waals surface area contributed by atoms with Crippen LogP contribution in [0.2, 0.25) is 0 Å². The smallest absolute Gasteiger partial charge is 0.512 e. The zero-order valence-corrected chi connectivity index (χ0v) is 11.3. The van der Waals surface area contributed by atoms with Crippen LogP contribution in [0.15, 0.2) is 18.3 Å². The normalized spacial score (nSPS) is 11.4. The molecule has 0 saturated heterocycles. The number of rotatable bonds is 3. The monoisotopic (exact) mass is 275 g/mol. The van der Waals surface area contributed by atoms with Gasteiger partial charge < -0.3 is 24.9 Å². The average Bonchev–Trinajstić information content (AvgIpc) is 2.13. The molecule has 1 heterocycles. The quantitative estimate of drug-likeness (QED) is 0.461. The van der Waals surface area contributed by atoms with E-state index in [1.54, 1.807) is 27.7 Å². The molecule has 108 valence electrons. The highest BCUT2D eigenvalue weighted by atomic mass is 19.1. The third-order valence-corrected chi connectivity index (χ3v) is 2.44. The number of nitrogens with zero attached hydrogens (tertiary/aromatic N) is 1. The van der Waals surface area contributed by atoms with Gasteiger partial charge in [0.15, 0.2) is 0 Å². The maximum Gasteiger partial charge on any atom is 0.707 e. The van der Waals surface area contributed by atoms with Gasteiger partial charge in [0.1, 0.15) is 5.75 Å². The molecule has 0 aromatic carbocycles. The van der Waals surface area contributed by atoms with Crippen molar-refractivity contribution < 1.29 is 29.3 Å². The van der Waals surface area contributed by atoms with Crippen molar-refractivity contribution in [2.45, 2.75) is 38.9 Å². The zero-order chi connectivity index (χ0) is 15.3. The summed E-state index contributed by atoms with van der Waals surface area (Å²) in [6.07, 6.45) is 1.16. The van der Waals surface area contributed by atoms with Crippen LogP contribution in [0, 0.1) is 5.95 Å². The van der Waals surface area contributed by atoms with Crippen molar-refractivity contribution >= 4 is 7.32 Å². The van der Waals surface area contributed by atoms with E-state index in [1.165, 1.54) is 6.07 Å². The molecule has 0 unspecified atom stereocenters. The lowest BCUT2D eigenvalue weighted by molar-refractivity contribution is -0.107. The number of aromatic nitrogens is 1. The van der Waals surface area contributed by atoms with Crippen molar-refractivity contribution in [3.05, 3.63) is 24.3 Å². The van der Waals surface area contributed by atoms with E-state index in [0.29, 0.717) is 0 Å². The van der Waals surface area contributed by atoms with Gasteiger partial charge in [-0.05, 0) is 33.8 Å². The molecule has 6 nitrogen and oxygen atoms in total. The van der Waals surface area contributed by atoms with Gasteiger partial charge in [-0.1, -0.05) is 0 Å². The van der Waals surface area contributed by atoms with E-state index in [9.17, 15) is 4.39 Å². The number of hydrogen-bond acceptors (Lipinski definition) is 6. The minimum Gasteiger partial charge on any atom is -0.512 e. The maximum atomic E-state index is 12.3. The highest BCUT2D eigenvalue weighted by Gasteiger charge is 2.31. The summed E-state index contributed by atoms with van der Waals surface area (Å²) in [6.45, 7) is 6.31. The van der Waals surface area contributed by atoms with Gasteiger partial charge in [0.25, 0.3) is 0 Å². The predicted molar refractivity (Wildman–Crippen MR) is 67.6 cm³/mol. The molecule has 0 fully saturated rings. The molecule has 0 aliphatic heterocycles. The van der Waals surface area contributed by atoms with Crippen LogP contribution in [0.3, 0.4) is 0 Å². The van der Waals surface area contributed by atoms with Crippen molar-refractivity contribution in [1.82, 2.24) is 4.98 Å². The maximum absolute atomic E-state index is 12.3. The Morgan fingerprint density at radius 1 is 1.16 bits per heavy atom. The number of halogens is 1. The molecule has 4 N–H and O–H groups in total. The topological polar surface area (TPSA) is 103 Å². The second kappa shape index (κ2) is 6.81. The molecule has 1 aromatic heterocycles. The number of hydrogen-bond donors (Lipinski definition) is 4. The Morgan fingerprint density at radius 2 is 1.63 bits per heavy atom. The third kappa shape index (κ3) is 7.73. The van der Waals surface area contributed by atoms with Crippen LogP contribution in [-0.2, 0) is 0 Å². The molecule has 0 spiro atoms. The Hall–Kier alpha value is -1.22. The van der Waals surface area contributed by atoms with Crippen LogP contribution in [-0.4, -0.2) is 43.8 Å². The summed E-state index contributed by atoms with van der Waals surface area (Å²) >= 11 is 0. The van der Waals surface area contributed by atoms with Gasteiger partial charge in [-0.15, -0.1) is 0 Å². The lowest BCUT2D eigenvalue weighted by atomic mass is 9.90. The first kappa shape index (κ1) is 17.8. The summed E-state index contributed by atoms with van der Waals surface area (Å²) in [4.78, 5) is 3.24. The van der Waals surface area contributed by atoms with Crippen LogP contribution < -0.4 is 4.65 Å². The van der Waals surface area contributed by atoms with E-state index < -0.39 is 24.5 Å². The van der Waals surface area contributed by atoms with Crippen LogP contribution in [0.1, 0.15) is 27.7 Å². The van der Waals surface area contributed by atoms with Gasteiger partial charge in [-0.25, -0.2) is 4.98 Å². The molecular formula is C11H19BFNO5. The summed E-state index contributed by atoms with van der Waals surface area (Å²) in [7, 11) is -1.93. The van der Waals surface area contributed by atoms with E-state index in [2.05, 4.69) is 9.64 Å². The van der Waals surface area contributed by atoms with Crippen molar-refractivity contribution in [2.24, 2.45) is 0 Å². The molecule has 0 saturated carbocycles. The SMILES string of the molecule is CC(C)(O)C(C)(C)O.OB(O)Oc1ccnc(F)c1. The van der Waals surface area contributed by atoms with E-state index in [0.717, 1.165) is 12.3 Å². The van der Waals surface area contributed by atoms with Crippen LogP contribution in [0.4, 0.5) is 4.39 Å². The Labute approximate surface area is 111 Å². The summed E-state index contributed by atoms with van der Waals surface area (Å²) in [5, 5.41) is 34.8. The Balaban J connectivity index is 0.000000362. The number of aliphatic hydroxyl groups is 2. The molecule has 19 heavy (non-hydrogen) atoms. The van der Waals surface area contributed by atoms with Crippen molar-refractivity contribution in [1.29, 1.82) is 0 Å². The third-order valence-electron chi connectivity index (χ3n) is 2.44. The van der Waals surface area contributed by atoms with Crippen LogP contribution in [0.5, 0.6) is 5.75 Å². The molecule has 0 radical (unpaired) electrons. The second-order valence-corrected chi connectivity index (χ2v) is 4.88. The summed E-state index contributed by atoms with van der Waals surface area (Å²) < 4.78 is 16.6. The lowest BCUT2D eigenvalue weighted by Gasteiger charge is -2.31. The molecule has 1 aromatic rings. The van der Waals surface area contributed by atoms with Gasteiger partial charge >= 0.3 is 7.32 Å². The fraction of sp³-hybridized carbons (Fsp3) is 0.545. The van der Waals surface area contributed by atoms with Crippen LogP contribution in [0.25, 0.3) is 0 Å². The van der Waals surface area contributed by atoms with Gasteiger partial charge in [0.05, 0.1) is 11.2 Å². The van der Waals surface area contributed by atoms with E-state index in [1.807, 2.05) is 0 Å². The Kier molecular flexibility index (Phi) is 6.37. The summed E-state index contributed by atoms with van der Waals surface area (Å²) in [5.41, 5.74) is -2.01. The average molecular weight is 275 g/mol. The highest BCUT2D eigenvalue weighted by molar-refractivity contribution is 6.33. The largest absolute Gasteiger partial charge is 0.707 e. The Bertz CT molecular complexity index is 377. The second-order valence-electron chi connectivity index (χ2n) is 4.88. The molecule has 0 aliphatic rings. The molecule has 1 rings (SSSR count). The number of pyridine rings is 1. The molecule has 0 aliphatic carbocycles. The zero-order valence-electron chi connectivity index (χ0n) is 11.3.